The van der Waals surface area contributed by atoms with Crippen molar-refractivity contribution < 1.29 is 18.7 Å². The molecule has 1 aromatic rings. The molecule has 0 saturated carbocycles. The number of hydrogen-bond acceptors (Lipinski definition) is 4. The lowest BCUT2D eigenvalue weighted by atomic mass is 10.2. The van der Waals surface area contributed by atoms with Gasteiger partial charge in [-0.1, -0.05) is 26.2 Å². The number of amides is 1. The highest BCUT2D eigenvalue weighted by Crippen LogP contribution is 2.04. The molecule has 0 aliphatic carbocycles. The lowest BCUT2D eigenvalue weighted by molar-refractivity contribution is -0.144. The van der Waals surface area contributed by atoms with Gasteiger partial charge in [0.1, 0.15) is 6.54 Å². The van der Waals surface area contributed by atoms with Crippen molar-refractivity contribution in [1.82, 2.24) is 4.90 Å². The number of unbranched alkanes of at least 4 members (excludes halogenated alkanes) is 3. The maximum absolute atomic E-state index is 11.8. The van der Waals surface area contributed by atoms with E-state index in [-0.39, 0.29) is 24.2 Å². The number of hydrogen-bond donors (Lipinski definition) is 0. The largest absolute Gasteiger partial charge is 0.464 e. The molecule has 0 radical (unpaired) electrons. The van der Waals surface area contributed by atoms with Gasteiger partial charge in [-0.3, -0.25) is 9.59 Å². The lowest BCUT2D eigenvalue weighted by Crippen LogP contribution is -2.32. The number of likely N-dealkylation sites (N-methyl/N-ethyl adjacent to an activating group) is 1. The highest BCUT2D eigenvalue weighted by molar-refractivity contribution is 5.93. The van der Waals surface area contributed by atoms with E-state index in [1.165, 1.54) is 11.2 Å². The van der Waals surface area contributed by atoms with Crippen LogP contribution in [0, 0.1) is 0 Å². The van der Waals surface area contributed by atoms with Crippen LogP contribution in [0.3, 0.4) is 0 Å². The first-order valence-electron chi connectivity index (χ1n) is 6.59. The van der Waals surface area contributed by atoms with Gasteiger partial charge in [-0.2, -0.15) is 0 Å². The Morgan fingerprint density at radius 3 is 2.74 bits per heavy atom. The van der Waals surface area contributed by atoms with Crippen molar-refractivity contribution in [1.29, 1.82) is 0 Å². The van der Waals surface area contributed by atoms with Gasteiger partial charge in [-0.15, -0.1) is 0 Å². The molecule has 0 atom stereocenters. The molecule has 1 heterocycles. The standard InChI is InChI=1S/C14H21NO4/c1-3-4-5-6-9-19-13(16)11-15(2)14(17)12-8-7-10-18-12/h7-8,10H,3-6,9,11H2,1-2H3. The molecule has 0 bridgehead atoms. The summed E-state index contributed by atoms with van der Waals surface area (Å²) in [6.07, 6.45) is 5.65. The number of nitrogens with zero attached hydrogens (tertiary/aromatic N) is 1. The molecule has 0 spiro atoms. The van der Waals surface area contributed by atoms with Crippen molar-refractivity contribution in [3.05, 3.63) is 24.2 Å². The van der Waals surface area contributed by atoms with Crippen LogP contribution in [-0.2, 0) is 9.53 Å². The summed E-state index contributed by atoms with van der Waals surface area (Å²) in [7, 11) is 1.54. The van der Waals surface area contributed by atoms with E-state index in [1.54, 1.807) is 19.2 Å². The maximum atomic E-state index is 11.8. The van der Waals surface area contributed by atoms with E-state index < -0.39 is 0 Å². The van der Waals surface area contributed by atoms with Crippen LogP contribution in [0.25, 0.3) is 0 Å². The summed E-state index contributed by atoms with van der Waals surface area (Å²) < 4.78 is 10.0. The maximum Gasteiger partial charge on any atom is 0.325 e. The van der Waals surface area contributed by atoms with Crippen LogP contribution < -0.4 is 0 Å². The third kappa shape index (κ3) is 5.59. The van der Waals surface area contributed by atoms with E-state index in [1.807, 2.05) is 0 Å². The minimum atomic E-state index is -0.390. The highest BCUT2D eigenvalue weighted by Gasteiger charge is 2.17. The molecule has 5 heteroatoms. The molecule has 1 aromatic heterocycles. The van der Waals surface area contributed by atoms with E-state index in [9.17, 15) is 9.59 Å². The van der Waals surface area contributed by atoms with Gasteiger partial charge in [-0.05, 0) is 18.6 Å². The molecular formula is C14H21NO4. The fraction of sp³-hybridized carbons (Fsp3) is 0.571. The van der Waals surface area contributed by atoms with E-state index in [2.05, 4.69) is 6.92 Å². The Balaban J connectivity index is 2.22. The van der Waals surface area contributed by atoms with Crippen molar-refractivity contribution in [2.75, 3.05) is 20.2 Å². The minimum absolute atomic E-state index is 0.0622. The first-order valence-corrected chi connectivity index (χ1v) is 6.59. The SMILES string of the molecule is CCCCCCOC(=O)CN(C)C(=O)c1ccco1. The fourth-order valence-electron chi connectivity index (χ4n) is 1.61. The molecule has 1 amide bonds. The van der Waals surface area contributed by atoms with Gasteiger partial charge in [0, 0.05) is 7.05 Å². The van der Waals surface area contributed by atoms with Gasteiger partial charge in [-0.25, -0.2) is 0 Å². The van der Waals surface area contributed by atoms with Crippen LogP contribution in [0.15, 0.2) is 22.8 Å². The summed E-state index contributed by atoms with van der Waals surface area (Å²) in [5.41, 5.74) is 0. The molecule has 0 saturated heterocycles. The van der Waals surface area contributed by atoms with E-state index in [4.69, 9.17) is 9.15 Å². The summed E-state index contributed by atoms with van der Waals surface area (Å²) in [6, 6.07) is 3.20. The molecule has 0 unspecified atom stereocenters. The van der Waals surface area contributed by atoms with Crippen molar-refractivity contribution in [2.24, 2.45) is 0 Å². The van der Waals surface area contributed by atoms with Crippen LogP contribution in [0.4, 0.5) is 0 Å². The Kier molecular flexibility index (Phi) is 6.71. The van der Waals surface area contributed by atoms with Crippen molar-refractivity contribution in [3.8, 4) is 0 Å². The third-order valence-corrected chi connectivity index (χ3v) is 2.71. The number of esters is 1. The first kappa shape index (κ1) is 15.3. The second kappa shape index (κ2) is 8.34. The molecule has 0 aliphatic heterocycles. The smallest absolute Gasteiger partial charge is 0.325 e. The van der Waals surface area contributed by atoms with Gasteiger partial charge >= 0.3 is 5.97 Å². The van der Waals surface area contributed by atoms with Gasteiger partial charge in [0.05, 0.1) is 12.9 Å². The lowest BCUT2D eigenvalue weighted by Gasteiger charge is -2.14. The Morgan fingerprint density at radius 1 is 1.32 bits per heavy atom. The molecule has 1 rings (SSSR count). The molecule has 19 heavy (non-hydrogen) atoms. The molecule has 0 aliphatic rings. The van der Waals surface area contributed by atoms with Crippen molar-refractivity contribution >= 4 is 11.9 Å². The van der Waals surface area contributed by atoms with E-state index in [0.29, 0.717) is 6.61 Å². The van der Waals surface area contributed by atoms with Gasteiger partial charge in [0.2, 0.25) is 0 Å². The summed E-state index contributed by atoms with van der Waals surface area (Å²) >= 11 is 0. The number of rotatable bonds is 8. The van der Waals surface area contributed by atoms with Gasteiger partial charge in [0.25, 0.3) is 5.91 Å². The normalized spacial score (nSPS) is 10.2. The average Bonchev–Trinajstić information content (AvgIpc) is 2.91. The molecular weight excluding hydrogens is 246 g/mol. The fourth-order valence-corrected chi connectivity index (χ4v) is 1.61. The zero-order chi connectivity index (χ0) is 14.1. The van der Waals surface area contributed by atoms with Crippen LogP contribution in [0.2, 0.25) is 0 Å². The summed E-state index contributed by atoms with van der Waals surface area (Å²) in [4.78, 5) is 24.6. The van der Waals surface area contributed by atoms with Crippen LogP contribution in [0.5, 0.6) is 0 Å². The summed E-state index contributed by atoms with van der Waals surface area (Å²) in [6.45, 7) is 2.48. The monoisotopic (exact) mass is 267 g/mol. The zero-order valence-electron chi connectivity index (χ0n) is 11.6. The minimum Gasteiger partial charge on any atom is -0.464 e. The predicted molar refractivity (Wildman–Crippen MR) is 70.8 cm³/mol. The first-order chi connectivity index (χ1) is 9.15. The molecule has 106 valence electrons. The number of furan rings is 1. The van der Waals surface area contributed by atoms with E-state index in [0.717, 1.165) is 25.7 Å². The van der Waals surface area contributed by atoms with Crippen LogP contribution in [0.1, 0.15) is 43.2 Å². The molecule has 0 N–H and O–H groups in total. The predicted octanol–water partition coefficient (Wildman–Crippen LogP) is 2.48. The highest BCUT2D eigenvalue weighted by atomic mass is 16.5. The number of carbonyl (C=O) groups excluding carboxylic acids is 2. The van der Waals surface area contributed by atoms with Crippen LogP contribution >= 0.6 is 0 Å². The third-order valence-electron chi connectivity index (χ3n) is 2.71. The number of ether oxygens (including phenoxy) is 1. The Bertz CT molecular complexity index is 386. The average molecular weight is 267 g/mol. The summed E-state index contributed by atoms with van der Waals surface area (Å²) in [5, 5.41) is 0. The summed E-state index contributed by atoms with van der Waals surface area (Å²) in [5.74, 6) is -0.495. The van der Waals surface area contributed by atoms with Gasteiger partial charge in [0.15, 0.2) is 5.76 Å². The molecule has 0 fully saturated rings. The van der Waals surface area contributed by atoms with Crippen LogP contribution in [-0.4, -0.2) is 37.0 Å². The topological polar surface area (TPSA) is 59.8 Å². The molecule has 0 aromatic carbocycles. The van der Waals surface area contributed by atoms with Gasteiger partial charge < -0.3 is 14.1 Å². The van der Waals surface area contributed by atoms with Crippen molar-refractivity contribution in [2.45, 2.75) is 32.6 Å². The Morgan fingerprint density at radius 2 is 2.11 bits per heavy atom. The number of carbonyl (C=O) groups is 2. The Hall–Kier alpha value is -1.78. The Labute approximate surface area is 113 Å². The van der Waals surface area contributed by atoms with Crippen molar-refractivity contribution in [3.63, 3.8) is 0 Å². The zero-order valence-corrected chi connectivity index (χ0v) is 11.6. The second-order valence-corrected chi connectivity index (χ2v) is 4.42. The second-order valence-electron chi connectivity index (χ2n) is 4.42. The molecule has 5 nitrogen and oxygen atoms in total. The quantitative estimate of drug-likeness (QED) is 0.536. The van der Waals surface area contributed by atoms with E-state index >= 15 is 0 Å².